The van der Waals surface area contributed by atoms with E-state index in [-0.39, 0.29) is 36.2 Å². The summed E-state index contributed by atoms with van der Waals surface area (Å²) < 4.78 is 47.1. The molecule has 0 radical (unpaired) electrons. The Kier molecular flexibility index (Phi) is 9.32. The van der Waals surface area contributed by atoms with Crippen LogP contribution in [-0.2, 0) is 24.0 Å². The highest BCUT2D eigenvalue weighted by Gasteiger charge is 2.35. The van der Waals surface area contributed by atoms with E-state index < -0.39 is 17.6 Å². The molecule has 2 aliphatic rings. The average molecular weight is 586 g/mol. The van der Waals surface area contributed by atoms with Crippen molar-refractivity contribution in [3.63, 3.8) is 0 Å². The lowest BCUT2D eigenvalue weighted by molar-refractivity contribution is -0.138. The molecular formula is C29H34F3N7O3. The highest BCUT2D eigenvalue weighted by Crippen LogP contribution is 2.35. The number of fused-ring (bicyclic) bond motifs is 1. The first kappa shape index (κ1) is 30.7. The number of aromatic nitrogens is 2. The Hall–Kier alpha value is -4.23. The second kappa shape index (κ2) is 12.7. The minimum atomic E-state index is -4.62. The molecule has 0 saturated carbocycles. The van der Waals surface area contributed by atoms with Gasteiger partial charge in [0.25, 0.3) is 5.91 Å². The second-order valence-corrected chi connectivity index (χ2v) is 9.72. The fourth-order valence-corrected chi connectivity index (χ4v) is 4.81. The first-order valence-corrected chi connectivity index (χ1v) is 13.6. The summed E-state index contributed by atoms with van der Waals surface area (Å²) in [5.41, 5.74) is 7.08. The summed E-state index contributed by atoms with van der Waals surface area (Å²) in [6.07, 6.45) is -3.07. The van der Waals surface area contributed by atoms with E-state index in [1.807, 2.05) is 25.7 Å². The fourth-order valence-electron chi connectivity index (χ4n) is 4.81. The third kappa shape index (κ3) is 6.63. The van der Waals surface area contributed by atoms with Crippen molar-refractivity contribution in [2.24, 2.45) is 0 Å². The van der Waals surface area contributed by atoms with E-state index in [1.54, 1.807) is 31.4 Å². The fraction of sp³-hybridized carbons (Fsp3) is 0.379. The van der Waals surface area contributed by atoms with Gasteiger partial charge in [0, 0.05) is 49.7 Å². The van der Waals surface area contributed by atoms with Gasteiger partial charge in [0.2, 0.25) is 5.95 Å². The molecule has 3 N–H and O–H groups in total. The van der Waals surface area contributed by atoms with Gasteiger partial charge in [-0.05, 0) is 42.3 Å². The maximum atomic E-state index is 13.9. The van der Waals surface area contributed by atoms with Crippen LogP contribution >= 0.6 is 0 Å². The Balaban J connectivity index is 0.00000198. The second-order valence-electron chi connectivity index (χ2n) is 9.72. The molecule has 0 spiro atoms. The van der Waals surface area contributed by atoms with Crippen molar-refractivity contribution in [1.29, 1.82) is 0 Å². The number of nitrogens with one attached hydrogen (secondary N) is 1. The molecule has 0 aliphatic carbocycles. The lowest BCUT2D eigenvalue weighted by Crippen LogP contribution is -2.46. The molecule has 42 heavy (non-hydrogen) atoms. The van der Waals surface area contributed by atoms with Gasteiger partial charge in [0.05, 0.1) is 31.0 Å². The van der Waals surface area contributed by atoms with Crippen LogP contribution in [0.15, 0.2) is 42.6 Å². The molecule has 5 rings (SSSR count). The van der Waals surface area contributed by atoms with Gasteiger partial charge in [-0.25, -0.2) is 9.78 Å². The van der Waals surface area contributed by atoms with Crippen molar-refractivity contribution < 1.29 is 27.5 Å². The van der Waals surface area contributed by atoms with Crippen LogP contribution in [0.3, 0.4) is 0 Å². The predicted molar refractivity (Wildman–Crippen MR) is 154 cm³/mol. The van der Waals surface area contributed by atoms with E-state index in [1.165, 1.54) is 21.9 Å². The number of aryl methyl sites for hydroxylation is 1. The molecule has 1 saturated heterocycles. The topological polar surface area (TPSA) is 117 Å². The number of halogens is 3. The quantitative estimate of drug-likeness (QED) is 0.429. The SMILES string of the molecule is CC.Cc1ccc(NC(=O)c2ccc(CN3CCOCC3)c(C(F)(F)F)c2)cc1N1Cc2cnc(N)nc2N(C)C1=O. The number of carbonyl (C=O) groups excluding carboxylic acids is 2. The van der Waals surface area contributed by atoms with Gasteiger partial charge in [-0.2, -0.15) is 18.2 Å². The summed E-state index contributed by atoms with van der Waals surface area (Å²) in [7, 11) is 1.57. The van der Waals surface area contributed by atoms with Crippen molar-refractivity contribution in [2.75, 3.05) is 54.2 Å². The zero-order valence-electron chi connectivity index (χ0n) is 24.0. The number of benzene rings is 2. The van der Waals surface area contributed by atoms with Crippen molar-refractivity contribution in [3.8, 4) is 0 Å². The van der Waals surface area contributed by atoms with Gasteiger partial charge in [-0.1, -0.05) is 26.0 Å². The van der Waals surface area contributed by atoms with Gasteiger partial charge in [-0.3, -0.25) is 19.5 Å². The number of rotatable bonds is 5. The van der Waals surface area contributed by atoms with E-state index in [2.05, 4.69) is 15.3 Å². The van der Waals surface area contributed by atoms with Crippen LogP contribution in [0.25, 0.3) is 0 Å². The van der Waals surface area contributed by atoms with Crippen LogP contribution in [-0.4, -0.2) is 60.2 Å². The molecule has 0 unspecified atom stereocenters. The monoisotopic (exact) mass is 585 g/mol. The molecule has 1 fully saturated rings. The highest BCUT2D eigenvalue weighted by molar-refractivity contribution is 6.07. The molecular weight excluding hydrogens is 551 g/mol. The van der Waals surface area contributed by atoms with Crippen molar-refractivity contribution in [2.45, 2.75) is 40.0 Å². The Morgan fingerprint density at radius 3 is 2.52 bits per heavy atom. The molecule has 13 heteroatoms. The summed E-state index contributed by atoms with van der Waals surface area (Å²) >= 11 is 0. The van der Waals surface area contributed by atoms with Gasteiger partial charge in [-0.15, -0.1) is 0 Å². The third-order valence-corrected chi connectivity index (χ3v) is 6.96. The number of amides is 3. The van der Waals surface area contributed by atoms with Gasteiger partial charge in [0.15, 0.2) is 0 Å². The largest absolute Gasteiger partial charge is 0.416 e. The highest BCUT2D eigenvalue weighted by atomic mass is 19.4. The predicted octanol–water partition coefficient (Wildman–Crippen LogP) is 5.07. The van der Waals surface area contributed by atoms with E-state index in [4.69, 9.17) is 10.5 Å². The maximum absolute atomic E-state index is 13.9. The van der Waals surface area contributed by atoms with Crippen LogP contribution in [0.2, 0.25) is 0 Å². The zero-order chi connectivity index (χ0) is 30.6. The van der Waals surface area contributed by atoms with Crippen LogP contribution in [0.5, 0.6) is 0 Å². The van der Waals surface area contributed by atoms with Crippen molar-refractivity contribution >= 4 is 35.1 Å². The minimum Gasteiger partial charge on any atom is -0.379 e. The standard InChI is InChI=1S/C27H28F3N7O3.C2H6/c1-16-3-6-20(12-22(16)37-15-19-13-32-25(31)34-23(19)35(2)26(37)39)33-24(38)17-4-5-18(21(11-17)27(28,29)30)14-36-7-9-40-10-8-36;1-2/h3-6,11-13H,7-10,14-15H2,1-2H3,(H,33,38)(H2,31,32,34);1-2H3. The molecule has 1 aromatic heterocycles. The normalized spacial score (nSPS) is 15.5. The van der Waals surface area contributed by atoms with Crippen LogP contribution in [0, 0.1) is 6.92 Å². The number of hydrogen-bond donors (Lipinski definition) is 2. The first-order chi connectivity index (χ1) is 20.0. The van der Waals surface area contributed by atoms with Gasteiger partial charge >= 0.3 is 12.2 Å². The number of anilines is 4. The van der Waals surface area contributed by atoms with Crippen molar-refractivity contribution in [3.05, 3.63) is 70.4 Å². The number of carbonyl (C=O) groups is 2. The first-order valence-electron chi connectivity index (χ1n) is 13.6. The van der Waals surface area contributed by atoms with E-state index in [9.17, 15) is 22.8 Å². The van der Waals surface area contributed by atoms with E-state index in [0.29, 0.717) is 49.1 Å². The molecule has 0 atom stereocenters. The summed E-state index contributed by atoms with van der Waals surface area (Å²) in [5, 5.41) is 2.67. The van der Waals surface area contributed by atoms with Crippen LogP contribution in [0.4, 0.5) is 41.1 Å². The number of morpholine rings is 1. The van der Waals surface area contributed by atoms with Crippen LogP contribution in [0.1, 0.15) is 46.5 Å². The third-order valence-electron chi connectivity index (χ3n) is 6.96. The number of nitrogens with zero attached hydrogens (tertiary/aromatic N) is 5. The van der Waals surface area contributed by atoms with Gasteiger partial charge in [0.1, 0.15) is 5.82 Å². The smallest absolute Gasteiger partial charge is 0.379 e. The average Bonchev–Trinajstić information content (AvgIpc) is 2.97. The molecule has 3 amide bonds. The lowest BCUT2D eigenvalue weighted by atomic mass is 10.0. The maximum Gasteiger partial charge on any atom is 0.416 e. The molecule has 224 valence electrons. The van der Waals surface area contributed by atoms with Crippen LogP contribution < -0.4 is 20.9 Å². The Labute approximate surface area is 242 Å². The van der Waals surface area contributed by atoms with Crippen molar-refractivity contribution in [1.82, 2.24) is 14.9 Å². The lowest BCUT2D eigenvalue weighted by Gasteiger charge is -2.34. The molecule has 3 heterocycles. The number of nitrogen functional groups attached to an aromatic ring is 1. The summed E-state index contributed by atoms with van der Waals surface area (Å²) in [6, 6.07) is 8.22. The summed E-state index contributed by atoms with van der Waals surface area (Å²) in [6.45, 7) is 8.11. The minimum absolute atomic E-state index is 0.0514. The molecule has 0 bridgehead atoms. The molecule has 2 aliphatic heterocycles. The van der Waals surface area contributed by atoms with E-state index in [0.717, 1.165) is 11.6 Å². The van der Waals surface area contributed by atoms with Gasteiger partial charge < -0.3 is 15.8 Å². The van der Waals surface area contributed by atoms with E-state index >= 15 is 0 Å². The molecule has 10 nitrogen and oxygen atoms in total. The number of ether oxygens (including phenoxy) is 1. The summed E-state index contributed by atoms with van der Waals surface area (Å²) in [4.78, 5) is 39.1. The Morgan fingerprint density at radius 1 is 1.12 bits per heavy atom. The summed E-state index contributed by atoms with van der Waals surface area (Å²) in [5.74, 6) is -0.238. The molecule has 3 aromatic rings. The Morgan fingerprint density at radius 2 is 1.83 bits per heavy atom. The number of urea groups is 1. The number of nitrogens with two attached hydrogens (primary N) is 1. The number of alkyl halides is 3. The molecule has 2 aromatic carbocycles. The Bertz CT molecular complexity index is 1460. The zero-order valence-corrected chi connectivity index (χ0v) is 24.0. The number of hydrogen-bond acceptors (Lipinski definition) is 7.